The van der Waals surface area contributed by atoms with E-state index < -0.39 is 6.03 Å². The Kier molecular flexibility index (Phi) is 3.50. The molecule has 32 heavy (non-hydrogen) atoms. The maximum Gasteiger partial charge on any atom is 0.715 e. The van der Waals surface area contributed by atoms with Gasteiger partial charge in [-0.15, -0.1) is 0 Å². The lowest BCUT2D eigenvalue weighted by molar-refractivity contribution is -0.856. The lowest BCUT2D eigenvalue weighted by atomic mass is 9.98. The summed E-state index contributed by atoms with van der Waals surface area (Å²) in [6, 6.07) is 34.0. The Morgan fingerprint density at radius 1 is 0.656 bits per heavy atom. The highest BCUT2D eigenvalue weighted by atomic mass is 16.7. The summed E-state index contributed by atoms with van der Waals surface area (Å²) in [5, 5.41) is 0. The molecule has 0 amide bonds. The van der Waals surface area contributed by atoms with Crippen molar-refractivity contribution in [3.63, 3.8) is 0 Å². The number of ether oxygens (including phenoxy) is 2. The summed E-state index contributed by atoms with van der Waals surface area (Å²) in [6.07, 6.45) is 2.89. The van der Waals surface area contributed by atoms with Gasteiger partial charge in [0.05, 0.1) is 17.5 Å². The van der Waals surface area contributed by atoms with Crippen molar-refractivity contribution >= 4 is 23.3 Å². The van der Waals surface area contributed by atoms with Gasteiger partial charge in [0.15, 0.2) is 17.7 Å². The summed E-state index contributed by atoms with van der Waals surface area (Å²) in [5.74, 6) is 1.70. The van der Waals surface area contributed by atoms with Crippen molar-refractivity contribution in [1.29, 1.82) is 0 Å². The summed E-state index contributed by atoms with van der Waals surface area (Å²) in [5.41, 5.74) is 6.46. The molecular formula is C28H20N2O2+2. The number of benzene rings is 4. The molecule has 1 spiro atoms. The molecule has 3 heterocycles. The van der Waals surface area contributed by atoms with Crippen LogP contribution < -0.4 is 9.47 Å². The zero-order chi connectivity index (χ0) is 21.1. The summed E-state index contributed by atoms with van der Waals surface area (Å²) >= 11 is 0. The van der Waals surface area contributed by atoms with Crippen LogP contribution in [0.25, 0.3) is 0 Å². The Morgan fingerprint density at radius 3 is 2.19 bits per heavy atom. The molecule has 0 saturated heterocycles. The second-order valence-corrected chi connectivity index (χ2v) is 8.21. The van der Waals surface area contributed by atoms with E-state index in [2.05, 4.69) is 82.1 Å². The summed E-state index contributed by atoms with van der Waals surface area (Å²) in [6.45, 7) is 0. The van der Waals surface area contributed by atoms with Gasteiger partial charge in [-0.1, -0.05) is 65.2 Å². The molecule has 3 aliphatic rings. The van der Waals surface area contributed by atoms with Crippen molar-refractivity contribution in [3.8, 4) is 11.5 Å². The highest BCUT2D eigenvalue weighted by Crippen LogP contribution is 2.45. The summed E-state index contributed by atoms with van der Waals surface area (Å²) in [4.78, 5) is 0. The quantitative estimate of drug-likeness (QED) is 0.418. The fraction of sp³-hybridized carbons (Fsp3) is 0.0714. The van der Waals surface area contributed by atoms with Crippen LogP contribution in [0.15, 0.2) is 103 Å². The molecule has 0 saturated carbocycles. The number of rotatable bonds is 2. The van der Waals surface area contributed by atoms with Crippen LogP contribution in [0.4, 0.5) is 11.4 Å². The van der Waals surface area contributed by atoms with Gasteiger partial charge in [-0.3, -0.25) is 0 Å². The third-order valence-corrected chi connectivity index (χ3v) is 6.33. The van der Waals surface area contributed by atoms with E-state index in [0.29, 0.717) is 0 Å². The molecule has 0 aliphatic carbocycles. The van der Waals surface area contributed by atoms with Gasteiger partial charge in [-0.25, -0.2) is 0 Å². The normalized spacial score (nSPS) is 19.8. The third-order valence-electron chi connectivity index (χ3n) is 6.33. The van der Waals surface area contributed by atoms with E-state index in [0.717, 1.165) is 51.7 Å². The highest BCUT2D eigenvalue weighted by molar-refractivity contribution is 6.03. The minimum atomic E-state index is -1.22. The first-order valence-corrected chi connectivity index (χ1v) is 10.8. The van der Waals surface area contributed by atoms with Gasteiger partial charge in [0.1, 0.15) is 0 Å². The van der Waals surface area contributed by atoms with Crippen LogP contribution in [0.3, 0.4) is 0 Å². The lowest BCUT2D eigenvalue weighted by Gasteiger charge is -2.31. The van der Waals surface area contributed by atoms with Crippen LogP contribution in [0.2, 0.25) is 0 Å². The number of nitrogens with zero attached hydrogens (tertiary/aromatic N) is 2. The van der Waals surface area contributed by atoms with Crippen LogP contribution in [-0.4, -0.2) is 27.1 Å². The molecule has 0 unspecified atom stereocenters. The Bertz CT molecular complexity index is 1440. The Morgan fingerprint density at radius 2 is 1.38 bits per heavy atom. The van der Waals surface area contributed by atoms with Crippen LogP contribution in [0.1, 0.15) is 16.7 Å². The molecule has 4 heteroatoms. The largest absolute Gasteiger partial charge is 0.715 e. The molecule has 0 N–H and O–H groups in total. The Labute approximate surface area is 185 Å². The third kappa shape index (κ3) is 2.32. The van der Waals surface area contributed by atoms with Gasteiger partial charge in [-0.05, 0) is 22.8 Å². The van der Waals surface area contributed by atoms with Crippen molar-refractivity contribution in [1.82, 2.24) is 0 Å². The second kappa shape index (κ2) is 6.41. The van der Waals surface area contributed by atoms with Crippen LogP contribution in [-0.2, 0) is 6.42 Å². The van der Waals surface area contributed by atoms with E-state index in [1.807, 2.05) is 36.4 Å². The van der Waals surface area contributed by atoms with Crippen molar-refractivity contribution in [2.75, 3.05) is 0 Å². The van der Waals surface area contributed by atoms with E-state index in [9.17, 15) is 0 Å². The van der Waals surface area contributed by atoms with E-state index in [-0.39, 0.29) is 0 Å². The molecule has 0 fully saturated rings. The fourth-order valence-electron chi connectivity index (χ4n) is 4.95. The molecule has 0 aromatic heterocycles. The van der Waals surface area contributed by atoms with E-state index in [4.69, 9.17) is 9.47 Å². The SMILES string of the molecule is C1=[N+](c2ccccc2)[C@]23Oc4ccccc4C(=[N+]2c2ccccc2)Cc2cccc1c2O3. The molecule has 152 valence electrons. The molecule has 4 nitrogen and oxygen atoms in total. The van der Waals surface area contributed by atoms with Gasteiger partial charge < -0.3 is 9.47 Å². The minimum absolute atomic E-state index is 0.747. The number of para-hydroxylation sites is 4. The molecule has 7 rings (SSSR count). The van der Waals surface area contributed by atoms with Gasteiger partial charge >= 0.3 is 6.03 Å². The standard InChI is InChI=1S/C28H20N2O2/c1-3-12-22(13-4-1)29-19-21-11-9-10-20-18-25-24-16-7-8-17-26(24)31-28(29,32-27(20)21)30(25)23-14-5-2-6-15-23/h1-17,19H,18H2/q+2/t28-/m1/s1. The smallest absolute Gasteiger partial charge is 0.340 e. The molecular weight excluding hydrogens is 396 g/mol. The molecule has 3 aliphatic heterocycles. The van der Waals surface area contributed by atoms with Gasteiger partial charge in [0.25, 0.3) is 0 Å². The van der Waals surface area contributed by atoms with Gasteiger partial charge in [-0.2, -0.15) is 0 Å². The molecule has 3 bridgehead atoms. The monoisotopic (exact) mass is 416 g/mol. The topological polar surface area (TPSA) is 24.5 Å². The van der Waals surface area contributed by atoms with Crippen molar-refractivity contribution in [3.05, 3.63) is 120 Å². The highest BCUT2D eigenvalue weighted by Gasteiger charge is 2.69. The number of hydrogen-bond acceptors (Lipinski definition) is 2. The maximum atomic E-state index is 6.90. The second-order valence-electron chi connectivity index (χ2n) is 8.21. The van der Waals surface area contributed by atoms with Crippen LogP contribution in [0.5, 0.6) is 11.5 Å². The van der Waals surface area contributed by atoms with Crippen molar-refractivity contribution in [2.45, 2.75) is 12.5 Å². The average molecular weight is 416 g/mol. The fourth-order valence-corrected chi connectivity index (χ4v) is 4.95. The summed E-state index contributed by atoms with van der Waals surface area (Å²) in [7, 11) is 0. The zero-order valence-electron chi connectivity index (χ0n) is 17.3. The van der Waals surface area contributed by atoms with Crippen LogP contribution in [0, 0.1) is 0 Å². The first-order chi connectivity index (χ1) is 15.8. The Balaban J connectivity index is 1.64. The number of fused-ring (bicyclic) bond motifs is 2. The molecule has 4 aromatic carbocycles. The summed E-state index contributed by atoms with van der Waals surface area (Å²) < 4.78 is 18.0. The van der Waals surface area contributed by atoms with Gasteiger partial charge in [0, 0.05) is 29.8 Å². The van der Waals surface area contributed by atoms with Crippen LogP contribution >= 0.6 is 0 Å². The lowest BCUT2D eigenvalue weighted by Crippen LogP contribution is -2.62. The average Bonchev–Trinajstić information content (AvgIpc) is 2.95. The van der Waals surface area contributed by atoms with E-state index in [1.54, 1.807) is 0 Å². The molecule has 4 aromatic rings. The van der Waals surface area contributed by atoms with Crippen molar-refractivity contribution < 1.29 is 18.6 Å². The first-order valence-electron chi connectivity index (χ1n) is 10.8. The van der Waals surface area contributed by atoms with E-state index >= 15 is 0 Å². The minimum Gasteiger partial charge on any atom is -0.340 e. The number of hydrogen-bond donors (Lipinski definition) is 0. The Hall–Kier alpha value is -4.18. The van der Waals surface area contributed by atoms with Gasteiger partial charge in [0.2, 0.25) is 17.1 Å². The zero-order valence-corrected chi connectivity index (χ0v) is 17.3. The first kappa shape index (κ1) is 17.5. The molecule has 0 radical (unpaired) electrons. The predicted molar refractivity (Wildman–Crippen MR) is 123 cm³/mol. The van der Waals surface area contributed by atoms with Crippen molar-refractivity contribution in [2.24, 2.45) is 0 Å². The molecule has 1 atom stereocenters. The van der Waals surface area contributed by atoms with E-state index in [1.165, 1.54) is 0 Å². The predicted octanol–water partition coefficient (Wildman–Crippen LogP) is 5.24. The maximum absolute atomic E-state index is 6.90.